The van der Waals surface area contributed by atoms with E-state index in [9.17, 15) is 5.11 Å². The lowest BCUT2D eigenvalue weighted by Gasteiger charge is -2.39. The largest absolute Gasteiger partial charge is 0.832 e. The predicted octanol–water partition coefficient (Wildman–Crippen LogP) is -1.11. The summed E-state index contributed by atoms with van der Waals surface area (Å²) in [4.78, 5) is 0. The van der Waals surface area contributed by atoms with Crippen LogP contribution in [0.3, 0.4) is 0 Å². The van der Waals surface area contributed by atoms with Gasteiger partial charge in [-0.25, -0.2) is 0 Å². The Hall–Kier alpha value is 0.0969. The molecule has 1 atom stereocenters. The zero-order valence-electron chi connectivity index (χ0n) is 9.59. The fourth-order valence-corrected chi connectivity index (χ4v) is 1.47. The third-order valence-electron chi connectivity index (χ3n) is 1.43. The van der Waals surface area contributed by atoms with Gasteiger partial charge in [0.2, 0.25) is 0 Å². The van der Waals surface area contributed by atoms with Crippen molar-refractivity contribution in [3.8, 4) is 0 Å². The van der Waals surface area contributed by atoms with E-state index in [0.717, 1.165) is 23.7 Å². The van der Waals surface area contributed by atoms with Crippen molar-refractivity contribution in [1.82, 2.24) is 0 Å². The first-order valence-electron chi connectivity index (χ1n) is 4.84. The summed E-state index contributed by atoms with van der Waals surface area (Å²) in [6.45, 7) is 0.688. The lowest BCUT2D eigenvalue weighted by molar-refractivity contribution is -0.849. The van der Waals surface area contributed by atoms with E-state index in [4.69, 9.17) is 4.74 Å². The van der Waals surface area contributed by atoms with Gasteiger partial charge >= 0.3 is 0 Å². The molecule has 4 heteroatoms. The molecule has 0 aromatic rings. The molecule has 1 aliphatic heterocycles. The third-order valence-corrected chi connectivity index (χ3v) is 2.22. The van der Waals surface area contributed by atoms with E-state index in [2.05, 4.69) is 28.2 Å². The molecular formula is C9H23NO2Si. The van der Waals surface area contributed by atoms with Crippen molar-refractivity contribution in [3.63, 3.8) is 0 Å². The van der Waals surface area contributed by atoms with Crippen LogP contribution in [-0.2, 0) is 4.74 Å². The summed E-state index contributed by atoms with van der Waals surface area (Å²) in [5.74, 6) is 0. The van der Waals surface area contributed by atoms with Crippen LogP contribution in [0.15, 0.2) is 0 Å². The quantitative estimate of drug-likeness (QED) is 0.371. The number of quaternary nitrogens is 1. The van der Waals surface area contributed by atoms with Crippen LogP contribution in [0, 0.1) is 0 Å². The van der Waals surface area contributed by atoms with Crippen LogP contribution >= 0.6 is 0 Å². The summed E-state index contributed by atoms with van der Waals surface area (Å²) >= 11 is 0. The SMILES string of the molecule is C[N+](C)(C)C.[O-]C1([SiH3])CCCCO1. The van der Waals surface area contributed by atoms with Gasteiger partial charge in [0.15, 0.2) is 0 Å². The van der Waals surface area contributed by atoms with Gasteiger partial charge in [-0.05, 0) is 18.3 Å². The molecule has 0 amide bonds. The number of hydrogen-bond donors (Lipinski definition) is 0. The van der Waals surface area contributed by atoms with Crippen LogP contribution in [0.25, 0.3) is 0 Å². The molecule has 0 N–H and O–H groups in total. The molecule has 0 saturated carbocycles. The topological polar surface area (TPSA) is 32.3 Å². The molecule has 3 nitrogen and oxygen atoms in total. The van der Waals surface area contributed by atoms with Gasteiger partial charge in [0.05, 0.1) is 28.2 Å². The number of ether oxygens (including phenoxy) is 1. The standard InChI is InChI=1S/C5H11O2Si.C4H12N/c6-5(8)3-1-2-4-7-5;1-5(2,3)4/h1-4H2,8H3;1-4H3/q-1;+1. The predicted molar refractivity (Wildman–Crippen MR) is 56.4 cm³/mol. The Morgan fingerprint density at radius 1 is 1.23 bits per heavy atom. The molecule has 0 radical (unpaired) electrons. The summed E-state index contributed by atoms with van der Waals surface area (Å²) < 4.78 is 5.97. The van der Waals surface area contributed by atoms with Gasteiger partial charge < -0.3 is 14.3 Å². The lowest BCUT2D eigenvalue weighted by atomic mass is 10.2. The first-order chi connectivity index (χ1) is 5.71. The highest BCUT2D eigenvalue weighted by Crippen LogP contribution is 2.14. The minimum absolute atomic E-state index is 0.632. The van der Waals surface area contributed by atoms with Crippen molar-refractivity contribution in [2.45, 2.75) is 24.7 Å². The van der Waals surface area contributed by atoms with E-state index < -0.39 is 5.41 Å². The molecule has 0 aliphatic carbocycles. The minimum Gasteiger partial charge on any atom is -0.832 e. The molecule has 0 aromatic carbocycles. The monoisotopic (exact) mass is 205 g/mol. The molecule has 1 fully saturated rings. The molecule has 13 heavy (non-hydrogen) atoms. The molecule has 0 bridgehead atoms. The number of nitrogens with zero attached hydrogens (tertiary/aromatic N) is 1. The lowest BCUT2D eigenvalue weighted by Crippen LogP contribution is -2.49. The molecule has 1 rings (SSSR count). The average molecular weight is 205 g/mol. The summed E-state index contributed by atoms with van der Waals surface area (Å²) in [7, 11) is 9.13. The second-order valence-corrected chi connectivity index (χ2v) is 6.65. The molecular weight excluding hydrogens is 182 g/mol. The second-order valence-electron chi connectivity index (χ2n) is 5.12. The van der Waals surface area contributed by atoms with Gasteiger partial charge in [-0.15, -0.1) is 0 Å². The van der Waals surface area contributed by atoms with Gasteiger partial charge in [-0.1, -0.05) is 6.42 Å². The van der Waals surface area contributed by atoms with Crippen LogP contribution < -0.4 is 5.11 Å². The number of rotatable bonds is 0. The molecule has 80 valence electrons. The summed E-state index contributed by atoms with van der Waals surface area (Å²) in [6.07, 6.45) is 2.87. The van der Waals surface area contributed by atoms with Gasteiger partial charge in [-0.3, -0.25) is 0 Å². The molecule has 0 aromatic heterocycles. The molecule has 1 saturated heterocycles. The molecule has 0 spiro atoms. The van der Waals surface area contributed by atoms with Crippen molar-refractivity contribution >= 4 is 10.2 Å². The zero-order chi connectivity index (χ0) is 10.5. The van der Waals surface area contributed by atoms with Gasteiger partial charge in [0.1, 0.15) is 0 Å². The highest BCUT2D eigenvalue weighted by molar-refractivity contribution is 6.12. The average Bonchev–Trinajstić information content (AvgIpc) is 1.82. The first kappa shape index (κ1) is 13.1. The Balaban J connectivity index is 0.000000252. The van der Waals surface area contributed by atoms with E-state index in [0.29, 0.717) is 16.8 Å². The maximum absolute atomic E-state index is 11.0. The van der Waals surface area contributed by atoms with E-state index in [1.165, 1.54) is 0 Å². The van der Waals surface area contributed by atoms with Gasteiger partial charge in [0.25, 0.3) is 0 Å². The Kier molecular flexibility index (Phi) is 5.13. The fourth-order valence-electron chi connectivity index (χ4n) is 0.908. The van der Waals surface area contributed by atoms with Crippen molar-refractivity contribution in [1.29, 1.82) is 0 Å². The first-order valence-corrected chi connectivity index (χ1v) is 5.84. The maximum atomic E-state index is 11.0. The summed E-state index contributed by atoms with van der Waals surface area (Å²) in [5.41, 5.74) is -0.932. The molecule has 1 heterocycles. The Labute approximate surface area is 84.7 Å². The smallest absolute Gasteiger partial charge is 0.0675 e. The Morgan fingerprint density at radius 3 is 1.85 bits per heavy atom. The highest BCUT2D eigenvalue weighted by atomic mass is 28.1. The van der Waals surface area contributed by atoms with Crippen molar-refractivity contribution in [2.24, 2.45) is 0 Å². The van der Waals surface area contributed by atoms with Gasteiger partial charge in [-0.2, -0.15) is 0 Å². The summed E-state index contributed by atoms with van der Waals surface area (Å²) in [6, 6.07) is 0. The van der Waals surface area contributed by atoms with Crippen LogP contribution in [-0.4, -0.2) is 54.9 Å². The van der Waals surface area contributed by atoms with Crippen LogP contribution in [0.4, 0.5) is 0 Å². The highest BCUT2D eigenvalue weighted by Gasteiger charge is 2.13. The zero-order valence-corrected chi connectivity index (χ0v) is 11.6. The van der Waals surface area contributed by atoms with Crippen molar-refractivity contribution in [3.05, 3.63) is 0 Å². The van der Waals surface area contributed by atoms with Crippen LogP contribution in [0.1, 0.15) is 19.3 Å². The van der Waals surface area contributed by atoms with E-state index in [-0.39, 0.29) is 0 Å². The normalized spacial score (nSPS) is 29.3. The third kappa shape index (κ3) is 12.1. The molecule has 1 unspecified atom stereocenters. The summed E-state index contributed by atoms with van der Waals surface area (Å²) in [5, 5.41) is 11.0. The van der Waals surface area contributed by atoms with Crippen molar-refractivity contribution < 1.29 is 14.3 Å². The van der Waals surface area contributed by atoms with Crippen LogP contribution in [0.5, 0.6) is 0 Å². The molecule has 1 aliphatic rings. The number of hydrogen-bond acceptors (Lipinski definition) is 2. The van der Waals surface area contributed by atoms with E-state index in [1.807, 2.05) is 0 Å². The van der Waals surface area contributed by atoms with Gasteiger partial charge in [0, 0.05) is 16.8 Å². The minimum atomic E-state index is -0.932. The maximum Gasteiger partial charge on any atom is 0.0675 e. The van der Waals surface area contributed by atoms with E-state index >= 15 is 0 Å². The van der Waals surface area contributed by atoms with Crippen molar-refractivity contribution in [2.75, 3.05) is 34.8 Å². The van der Waals surface area contributed by atoms with Crippen LogP contribution in [0.2, 0.25) is 0 Å². The Bertz CT molecular complexity index is 129. The Morgan fingerprint density at radius 2 is 1.69 bits per heavy atom. The van der Waals surface area contributed by atoms with E-state index in [1.54, 1.807) is 0 Å². The second kappa shape index (κ2) is 5.10. The fraction of sp³-hybridized carbons (Fsp3) is 1.00.